The highest BCUT2D eigenvalue weighted by Crippen LogP contribution is 2.28. The molecule has 0 bridgehead atoms. The van der Waals surface area contributed by atoms with Gasteiger partial charge in [-0.15, -0.1) is 11.3 Å². The Balaban J connectivity index is 1.35. The molecule has 25 heavy (non-hydrogen) atoms. The maximum absolute atomic E-state index is 11.6. The van der Waals surface area contributed by atoms with E-state index in [0.717, 1.165) is 57.9 Å². The molecule has 1 fully saturated rings. The van der Waals surface area contributed by atoms with E-state index >= 15 is 0 Å². The molecular weight excluding hydrogens is 334 g/mol. The van der Waals surface area contributed by atoms with Crippen molar-refractivity contribution in [2.45, 2.75) is 32.7 Å². The van der Waals surface area contributed by atoms with E-state index in [1.165, 1.54) is 5.56 Å². The second-order valence-electron chi connectivity index (χ2n) is 6.65. The highest BCUT2D eigenvalue weighted by molar-refractivity contribution is 7.10. The molecule has 138 valence electrons. The first-order chi connectivity index (χ1) is 12.3. The van der Waals surface area contributed by atoms with Crippen LogP contribution in [0.25, 0.3) is 0 Å². The summed E-state index contributed by atoms with van der Waals surface area (Å²) in [6.07, 6.45) is 3.26. The molecule has 1 aromatic heterocycles. The van der Waals surface area contributed by atoms with E-state index in [1.54, 1.807) is 4.88 Å². The Hall–Kier alpha value is -1.60. The maximum atomic E-state index is 11.6. The molecule has 2 aliphatic rings. The van der Waals surface area contributed by atoms with Crippen molar-refractivity contribution < 1.29 is 4.79 Å². The molecule has 0 spiro atoms. The number of aliphatic imine (C=N–C) groups is 1. The molecule has 0 radical (unpaired) electrons. The molecule has 3 N–H and O–H groups in total. The average Bonchev–Trinajstić information content (AvgIpc) is 3.36. The van der Waals surface area contributed by atoms with Crippen LogP contribution in [0.15, 0.2) is 16.4 Å². The Labute approximate surface area is 154 Å². The molecule has 1 aliphatic heterocycles. The molecule has 1 aliphatic carbocycles. The lowest BCUT2D eigenvalue weighted by Gasteiger charge is -2.26. The third-order valence-electron chi connectivity index (χ3n) is 4.58. The second kappa shape index (κ2) is 9.20. The first-order valence-electron chi connectivity index (χ1n) is 9.33. The number of fused-ring (bicyclic) bond motifs is 1. The van der Waals surface area contributed by atoms with Gasteiger partial charge in [0.1, 0.15) is 0 Å². The topological polar surface area (TPSA) is 68.8 Å². The lowest BCUT2D eigenvalue weighted by atomic mass is 10.1. The Morgan fingerprint density at radius 1 is 1.32 bits per heavy atom. The van der Waals surface area contributed by atoms with Crippen LogP contribution in [0.2, 0.25) is 0 Å². The normalized spacial score (nSPS) is 17.9. The Morgan fingerprint density at radius 3 is 2.96 bits per heavy atom. The zero-order valence-corrected chi connectivity index (χ0v) is 15.8. The van der Waals surface area contributed by atoms with Crippen LogP contribution in [0, 0.1) is 5.92 Å². The second-order valence-corrected chi connectivity index (χ2v) is 7.65. The molecule has 1 aromatic rings. The van der Waals surface area contributed by atoms with Gasteiger partial charge in [0.15, 0.2) is 5.96 Å². The molecule has 0 aromatic carbocycles. The summed E-state index contributed by atoms with van der Waals surface area (Å²) in [6.45, 7) is 8.18. The van der Waals surface area contributed by atoms with E-state index in [0.29, 0.717) is 13.1 Å². The fourth-order valence-electron chi connectivity index (χ4n) is 3.00. The summed E-state index contributed by atoms with van der Waals surface area (Å²) in [5.41, 5.74) is 1.48. The van der Waals surface area contributed by atoms with Crippen molar-refractivity contribution >= 4 is 23.2 Å². The van der Waals surface area contributed by atoms with E-state index in [4.69, 9.17) is 0 Å². The third-order valence-corrected chi connectivity index (χ3v) is 5.60. The van der Waals surface area contributed by atoms with Crippen molar-refractivity contribution in [1.29, 1.82) is 0 Å². The standard InChI is InChI=1S/C18H29N5OS/c1-2-19-18(21-8-7-20-17(24)14-3-4-14)22-9-11-23-10-5-16-15(13-23)6-12-25-16/h6,12,14H,2-5,7-11,13H2,1H3,(H,20,24)(H2,19,21,22). The molecule has 0 saturated heterocycles. The summed E-state index contributed by atoms with van der Waals surface area (Å²) < 4.78 is 0. The van der Waals surface area contributed by atoms with E-state index in [2.05, 4.69) is 44.2 Å². The summed E-state index contributed by atoms with van der Waals surface area (Å²) >= 11 is 1.88. The average molecular weight is 364 g/mol. The molecule has 0 atom stereocenters. The van der Waals surface area contributed by atoms with Crippen LogP contribution >= 0.6 is 11.3 Å². The van der Waals surface area contributed by atoms with Gasteiger partial charge in [-0.3, -0.25) is 14.7 Å². The molecule has 6 nitrogen and oxygen atoms in total. The fraction of sp³-hybridized carbons (Fsp3) is 0.667. The zero-order chi connectivity index (χ0) is 17.5. The molecule has 3 rings (SSSR count). The quantitative estimate of drug-likeness (QED) is 0.369. The monoisotopic (exact) mass is 363 g/mol. The first kappa shape index (κ1) is 18.2. The predicted molar refractivity (Wildman–Crippen MR) is 103 cm³/mol. The number of nitrogens with one attached hydrogen (secondary N) is 3. The van der Waals surface area contributed by atoms with Crippen LogP contribution < -0.4 is 16.0 Å². The molecule has 2 heterocycles. The van der Waals surface area contributed by atoms with Crippen LogP contribution in [0.1, 0.15) is 30.2 Å². The summed E-state index contributed by atoms with van der Waals surface area (Å²) in [4.78, 5) is 20.3. The lowest BCUT2D eigenvalue weighted by molar-refractivity contribution is -0.122. The van der Waals surface area contributed by atoms with Gasteiger partial charge < -0.3 is 16.0 Å². The smallest absolute Gasteiger partial charge is 0.223 e. The van der Waals surface area contributed by atoms with Crippen molar-refractivity contribution in [1.82, 2.24) is 20.9 Å². The molecule has 7 heteroatoms. The van der Waals surface area contributed by atoms with Crippen molar-refractivity contribution in [2.75, 3.05) is 39.3 Å². The van der Waals surface area contributed by atoms with Crippen LogP contribution in [-0.4, -0.2) is 56.0 Å². The predicted octanol–water partition coefficient (Wildman–Crippen LogP) is 1.19. The van der Waals surface area contributed by atoms with Crippen LogP contribution in [0.5, 0.6) is 0 Å². The van der Waals surface area contributed by atoms with Crippen molar-refractivity contribution in [3.63, 3.8) is 0 Å². The Morgan fingerprint density at radius 2 is 2.16 bits per heavy atom. The molecule has 0 unspecified atom stereocenters. The number of carbonyl (C=O) groups excluding carboxylic acids is 1. The number of thiophene rings is 1. The summed E-state index contributed by atoms with van der Waals surface area (Å²) in [7, 11) is 0. The van der Waals surface area contributed by atoms with Gasteiger partial charge in [0.2, 0.25) is 5.91 Å². The molecule has 1 amide bonds. The van der Waals surface area contributed by atoms with Gasteiger partial charge >= 0.3 is 0 Å². The number of guanidine groups is 1. The fourth-order valence-corrected chi connectivity index (χ4v) is 3.89. The van der Waals surface area contributed by atoms with Crippen LogP contribution in [0.3, 0.4) is 0 Å². The van der Waals surface area contributed by atoms with Crippen molar-refractivity contribution in [2.24, 2.45) is 10.9 Å². The maximum Gasteiger partial charge on any atom is 0.223 e. The summed E-state index contributed by atoms with van der Waals surface area (Å²) in [5, 5.41) is 11.7. The van der Waals surface area contributed by atoms with Crippen LogP contribution in [-0.2, 0) is 17.8 Å². The van der Waals surface area contributed by atoms with Gasteiger partial charge in [0.25, 0.3) is 0 Å². The van der Waals surface area contributed by atoms with E-state index in [9.17, 15) is 4.79 Å². The number of nitrogens with zero attached hydrogens (tertiary/aromatic N) is 2. The van der Waals surface area contributed by atoms with Gasteiger partial charge in [-0.2, -0.15) is 0 Å². The minimum absolute atomic E-state index is 0.196. The largest absolute Gasteiger partial charge is 0.357 e. The van der Waals surface area contributed by atoms with Gasteiger partial charge in [-0.05, 0) is 43.2 Å². The highest BCUT2D eigenvalue weighted by Gasteiger charge is 2.28. The summed E-state index contributed by atoms with van der Waals surface area (Å²) in [5.74, 6) is 1.30. The first-order valence-corrected chi connectivity index (χ1v) is 10.2. The molecule has 1 saturated carbocycles. The van der Waals surface area contributed by atoms with Crippen molar-refractivity contribution in [3.05, 3.63) is 21.9 Å². The minimum atomic E-state index is 0.196. The van der Waals surface area contributed by atoms with E-state index in [-0.39, 0.29) is 11.8 Å². The van der Waals surface area contributed by atoms with Crippen LogP contribution in [0.4, 0.5) is 0 Å². The number of hydrogen-bond acceptors (Lipinski definition) is 4. The minimum Gasteiger partial charge on any atom is -0.357 e. The number of rotatable bonds is 8. The number of amides is 1. The highest BCUT2D eigenvalue weighted by atomic mass is 32.1. The van der Waals surface area contributed by atoms with Crippen molar-refractivity contribution in [3.8, 4) is 0 Å². The SMILES string of the molecule is CCNC(=NCCN1CCc2sccc2C1)NCCNC(=O)C1CC1. The lowest BCUT2D eigenvalue weighted by Crippen LogP contribution is -2.42. The Bertz CT molecular complexity index is 596. The Kier molecular flexibility index (Phi) is 6.69. The summed E-state index contributed by atoms with van der Waals surface area (Å²) in [6, 6.07) is 2.25. The molecular formula is C18H29N5OS. The third kappa shape index (κ3) is 5.71. The van der Waals surface area contributed by atoms with Gasteiger partial charge in [0, 0.05) is 50.1 Å². The van der Waals surface area contributed by atoms with Gasteiger partial charge in [0.05, 0.1) is 6.54 Å². The zero-order valence-electron chi connectivity index (χ0n) is 15.0. The van der Waals surface area contributed by atoms with Gasteiger partial charge in [-0.25, -0.2) is 0 Å². The van der Waals surface area contributed by atoms with E-state index < -0.39 is 0 Å². The van der Waals surface area contributed by atoms with Gasteiger partial charge in [-0.1, -0.05) is 0 Å². The number of hydrogen-bond donors (Lipinski definition) is 3. The van der Waals surface area contributed by atoms with E-state index in [1.807, 2.05) is 11.3 Å². The number of carbonyl (C=O) groups is 1.